The van der Waals surface area contributed by atoms with E-state index in [-0.39, 0.29) is 36.1 Å². The van der Waals surface area contributed by atoms with Crippen molar-refractivity contribution in [2.75, 3.05) is 58.4 Å². The first-order chi connectivity index (χ1) is 16.8. The maximum atomic E-state index is 13.8. The Kier molecular flexibility index (Phi) is 8.96. The van der Waals surface area contributed by atoms with Gasteiger partial charge < -0.3 is 29.3 Å². The first-order valence-electron chi connectivity index (χ1n) is 11.0. The number of likely N-dealkylation sites (N-methyl/N-ethyl adjacent to an activating group) is 1. The minimum Gasteiger partial charge on any atom is -0.493 e. The quantitative estimate of drug-likeness (QED) is 0.578. The van der Waals surface area contributed by atoms with Crippen LogP contribution in [-0.4, -0.2) is 80.6 Å². The molecule has 1 N–H and O–H groups in total. The van der Waals surface area contributed by atoms with Crippen LogP contribution in [0.3, 0.4) is 0 Å². The topological polar surface area (TPSA) is 97.4 Å². The third-order valence-electron chi connectivity index (χ3n) is 5.36. The van der Waals surface area contributed by atoms with Gasteiger partial charge in [-0.1, -0.05) is 6.07 Å². The Hall–Kier alpha value is -3.73. The number of rotatable bonds is 9. The standard InChI is InChI=1S/C24H27F2N3O6/c1-3-28(14-21(30)27-23-17(25)5-4-6-18(23)26)24(32)16-7-8-19(20(13-16)33-2)35-15-22(31)29-9-11-34-12-10-29/h4-8,13H,3,9-12,14-15H2,1-2H3,(H,27,30). The molecule has 0 unspecified atom stereocenters. The third kappa shape index (κ3) is 6.66. The Labute approximate surface area is 201 Å². The number of carbonyl (C=O) groups is 3. The summed E-state index contributed by atoms with van der Waals surface area (Å²) in [6.07, 6.45) is 0. The lowest BCUT2D eigenvalue weighted by Gasteiger charge is -2.26. The Morgan fingerprint density at radius 3 is 2.40 bits per heavy atom. The zero-order chi connectivity index (χ0) is 25.4. The van der Waals surface area contributed by atoms with E-state index >= 15 is 0 Å². The molecule has 1 aliphatic rings. The van der Waals surface area contributed by atoms with Crippen molar-refractivity contribution in [2.24, 2.45) is 0 Å². The number of hydrogen-bond acceptors (Lipinski definition) is 6. The van der Waals surface area contributed by atoms with Gasteiger partial charge in [0.1, 0.15) is 23.9 Å². The molecular formula is C24H27F2N3O6. The van der Waals surface area contributed by atoms with Gasteiger partial charge in [0.25, 0.3) is 11.8 Å². The summed E-state index contributed by atoms with van der Waals surface area (Å²) < 4.78 is 43.7. The highest BCUT2D eigenvalue weighted by Gasteiger charge is 2.22. The lowest BCUT2D eigenvalue weighted by atomic mass is 10.1. The summed E-state index contributed by atoms with van der Waals surface area (Å²) >= 11 is 0. The molecule has 0 aliphatic carbocycles. The van der Waals surface area contributed by atoms with Crippen molar-refractivity contribution in [1.82, 2.24) is 9.80 Å². The molecule has 1 saturated heterocycles. The van der Waals surface area contributed by atoms with Crippen LogP contribution in [0.1, 0.15) is 17.3 Å². The highest BCUT2D eigenvalue weighted by molar-refractivity contribution is 5.99. The van der Waals surface area contributed by atoms with Gasteiger partial charge in [-0.2, -0.15) is 0 Å². The number of ether oxygens (including phenoxy) is 3. The maximum Gasteiger partial charge on any atom is 0.260 e. The molecular weight excluding hydrogens is 464 g/mol. The molecule has 2 aromatic carbocycles. The smallest absolute Gasteiger partial charge is 0.260 e. The molecule has 0 aromatic heterocycles. The van der Waals surface area contributed by atoms with E-state index in [1.807, 2.05) is 0 Å². The minimum atomic E-state index is -0.917. The molecule has 35 heavy (non-hydrogen) atoms. The molecule has 2 aromatic rings. The fourth-order valence-electron chi connectivity index (χ4n) is 3.44. The Bertz CT molecular complexity index is 1050. The van der Waals surface area contributed by atoms with Gasteiger partial charge in [-0.3, -0.25) is 14.4 Å². The average molecular weight is 491 g/mol. The predicted octanol–water partition coefficient (Wildman–Crippen LogP) is 2.31. The van der Waals surface area contributed by atoms with Crippen molar-refractivity contribution in [3.8, 4) is 11.5 Å². The number of nitrogens with one attached hydrogen (secondary N) is 1. The number of anilines is 1. The first-order valence-corrected chi connectivity index (χ1v) is 11.0. The fraction of sp³-hybridized carbons (Fsp3) is 0.375. The molecule has 0 radical (unpaired) electrons. The van der Waals surface area contributed by atoms with Crippen molar-refractivity contribution in [3.63, 3.8) is 0 Å². The summed E-state index contributed by atoms with van der Waals surface area (Å²) in [6, 6.07) is 7.64. The van der Waals surface area contributed by atoms with Crippen molar-refractivity contribution < 1.29 is 37.4 Å². The molecule has 0 atom stereocenters. The van der Waals surface area contributed by atoms with Crippen LogP contribution in [-0.2, 0) is 14.3 Å². The van der Waals surface area contributed by atoms with E-state index in [2.05, 4.69) is 5.32 Å². The third-order valence-corrected chi connectivity index (χ3v) is 5.36. The largest absolute Gasteiger partial charge is 0.493 e. The van der Waals surface area contributed by atoms with Gasteiger partial charge in [0.2, 0.25) is 5.91 Å². The second-order valence-corrected chi connectivity index (χ2v) is 7.61. The van der Waals surface area contributed by atoms with E-state index < -0.39 is 35.7 Å². The highest BCUT2D eigenvalue weighted by atomic mass is 19.1. The number of hydrogen-bond donors (Lipinski definition) is 1. The lowest BCUT2D eigenvalue weighted by Crippen LogP contribution is -2.43. The van der Waals surface area contributed by atoms with Crippen molar-refractivity contribution in [3.05, 3.63) is 53.6 Å². The summed E-state index contributed by atoms with van der Waals surface area (Å²) in [4.78, 5) is 40.5. The van der Waals surface area contributed by atoms with E-state index in [0.717, 1.165) is 12.1 Å². The number of para-hydroxylation sites is 1. The van der Waals surface area contributed by atoms with Crippen LogP contribution in [0, 0.1) is 11.6 Å². The molecule has 9 nitrogen and oxygen atoms in total. The van der Waals surface area contributed by atoms with Crippen molar-refractivity contribution in [1.29, 1.82) is 0 Å². The number of methoxy groups -OCH3 is 1. The van der Waals surface area contributed by atoms with Gasteiger partial charge in [-0.15, -0.1) is 0 Å². The number of benzene rings is 2. The monoisotopic (exact) mass is 491 g/mol. The predicted molar refractivity (Wildman–Crippen MR) is 122 cm³/mol. The number of amides is 3. The molecule has 11 heteroatoms. The van der Waals surface area contributed by atoms with Crippen LogP contribution in [0.15, 0.2) is 36.4 Å². The minimum absolute atomic E-state index is 0.167. The fourth-order valence-corrected chi connectivity index (χ4v) is 3.44. The summed E-state index contributed by atoms with van der Waals surface area (Å²) in [7, 11) is 1.40. The van der Waals surface area contributed by atoms with Crippen molar-refractivity contribution >= 4 is 23.4 Å². The number of halogens is 2. The van der Waals surface area contributed by atoms with E-state index in [1.165, 1.54) is 36.3 Å². The van der Waals surface area contributed by atoms with E-state index in [4.69, 9.17) is 14.2 Å². The van der Waals surface area contributed by atoms with Gasteiger partial charge in [-0.05, 0) is 37.3 Å². The normalized spacial score (nSPS) is 13.2. The first kappa shape index (κ1) is 25.9. The SMILES string of the molecule is CCN(CC(=O)Nc1c(F)cccc1F)C(=O)c1ccc(OCC(=O)N2CCOCC2)c(OC)c1. The maximum absolute atomic E-state index is 13.8. The van der Waals surface area contributed by atoms with E-state index in [0.29, 0.717) is 26.3 Å². The van der Waals surface area contributed by atoms with Crippen molar-refractivity contribution in [2.45, 2.75) is 6.92 Å². The van der Waals surface area contributed by atoms with Crippen LogP contribution in [0.2, 0.25) is 0 Å². The zero-order valence-corrected chi connectivity index (χ0v) is 19.5. The summed E-state index contributed by atoms with van der Waals surface area (Å²) in [5.74, 6) is -2.75. The molecule has 1 aliphatic heterocycles. The Morgan fingerprint density at radius 2 is 1.77 bits per heavy atom. The molecule has 3 rings (SSSR count). The van der Waals surface area contributed by atoms with Gasteiger partial charge in [0.05, 0.1) is 20.3 Å². The molecule has 3 amide bonds. The summed E-state index contributed by atoms with van der Waals surface area (Å²) in [5, 5.41) is 2.16. The average Bonchev–Trinajstić information content (AvgIpc) is 2.88. The van der Waals surface area contributed by atoms with Gasteiger partial charge in [0.15, 0.2) is 18.1 Å². The molecule has 0 saturated carbocycles. The summed E-state index contributed by atoms with van der Waals surface area (Å²) in [6.45, 7) is 3.17. The zero-order valence-electron chi connectivity index (χ0n) is 19.5. The van der Waals surface area contributed by atoms with E-state index in [1.54, 1.807) is 11.8 Å². The van der Waals surface area contributed by atoms with Gasteiger partial charge in [0, 0.05) is 25.2 Å². The van der Waals surface area contributed by atoms with Gasteiger partial charge >= 0.3 is 0 Å². The highest BCUT2D eigenvalue weighted by Crippen LogP contribution is 2.29. The second-order valence-electron chi connectivity index (χ2n) is 7.61. The number of morpholine rings is 1. The molecule has 1 fully saturated rings. The van der Waals surface area contributed by atoms with Crippen LogP contribution < -0.4 is 14.8 Å². The van der Waals surface area contributed by atoms with Crippen LogP contribution >= 0.6 is 0 Å². The molecule has 188 valence electrons. The second kappa shape index (κ2) is 12.1. The molecule has 1 heterocycles. The Balaban J connectivity index is 1.64. The van der Waals surface area contributed by atoms with Crippen LogP contribution in [0.5, 0.6) is 11.5 Å². The van der Waals surface area contributed by atoms with Gasteiger partial charge in [-0.25, -0.2) is 8.78 Å². The summed E-state index contributed by atoms with van der Waals surface area (Å²) in [5.41, 5.74) is -0.365. The lowest BCUT2D eigenvalue weighted by molar-refractivity contribution is -0.137. The number of carbonyl (C=O) groups excluding carboxylic acids is 3. The van der Waals surface area contributed by atoms with E-state index in [9.17, 15) is 23.2 Å². The molecule has 0 bridgehead atoms. The Morgan fingerprint density at radius 1 is 1.09 bits per heavy atom. The molecule has 0 spiro atoms. The van der Waals surface area contributed by atoms with Crippen LogP contribution in [0.25, 0.3) is 0 Å². The number of nitrogens with zero attached hydrogens (tertiary/aromatic N) is 2. The van der Waals surface area contributed by atoms with Crippen LogP contribution in [0.4, 0.5) is 14.5 Å².